The fourth-order valence-electron chi connectivity index (χ4n) is 3.65. The van der Waals surface area contributed by atoms with E-state index in [9.17, 15) is 0 Å². The highest BCUT2D eigenvalue weighted by Crippen LogP contribution is 2.34. The normalized spacial score (nSPS) is 25.7. The standard InChI is InChI=1S/C18H37N/c1-5-13-19-18(12-7-9-15(3)4)17-11-8-10-16(6-2)14-17/h15-19H,5-14H2,1-4H3. The van der Waals surface area contributed by atoms with Gasteiger partial charge in [0.15, 0.2) is 0 Å². The first-order valence-corrected chi connectivity index (χ1v) is 8.90. The van der Waals surface area contributed by atoms with Crippen LogP contribution in [-0.4, -0.2) is 12.6 Å². The van der Waals surface area contributed by atoms with E-state index in [0.29, 0.717) is 0 Å². The maximum atomic E-state index is 3.86. The molecule has 0 aromatic carbocycles. The predicted octanol–water partition coefficient (Wildman–Crippen LogP) is 5.40. The minimum Gasteiger partial charge on any atom is -0.314 e. The highest BCUT2D eigenvalue weighted by atomic mass is 14.9. The van der Waals surface area contributed by atoms with Gasteiger partial charge < -0.3 is 5.32 Å². The molecule has 0 aliphatic heterocycles. The molecular formula is C18H37N. The summed E-state index contributed by atoms with van der Waals surface area (Å²) in [6, 6.07) is 0.799. The third-order valence-electron chi connectivity index (χ3n) is 4.92. The molecule has 3 unspecified atom stereocenters. The molecule has 0 spiro atoms. The molecule has 0 aromatic rings. The molecule has 114 valence electrons. The zero-order chi connectivity index (χ0) is 14.1. The summed E-state index contributed by atoms with van der Waals surface area (Å²) in [4.78, 5) is 0. The Bertz CT molecular complexity index is 212. The van der Waals surface area contributed by atoms with E-state index in [2.05, 4.69) is 33.0 Å². The van der Waals surface area contributed by atoms with Gasteiger partial charge in [-0.15, -0.1) is 0 Å². The van der Waals surface area contributed by atoms with E-state index < -0.39 is 0 Å². The molecule has 0 radical (unpaired) electrons. The van der Waals surface area contributed by atoms with Gasteiger partial charge >= 0.3 is 0 Å². The molecule has 3 atom stereocenters. The second kappa shape index (κ2) is 9.80. The van der Waals surface area contributed by atoms with Crippen molar-refractivity contribution in [2.24, 2.45) is 17.8 Å². The van der Waals surface area contributed by atoms with Gasteiger partial charge in [-0.3, -0.25) is 0 Å². The summed E-state index contributed by atoms with van der Waals surface area (Å²) in [7, 11) is 0. The van der Waals surface area contributed by atoms with Gasteiger partial charge in [0.1, 0.15) is 0 Å². The third kappa shape index (κ3) is 6.79. The van der Waals surface area contributed by atoms with Crippen LogP contribution in [0.5, 0.6) is 0 Å². The Morgan fingerprint density at radius 3 is 2.53 bits per heavy atom. The topological polar surface area (TPSA) is 12.0 Å². The van der Waals surface area contributed by atoms with E-state index in [0.717, 1.165) is 23.8 Å². The summed E-state index contributed by atoms with van der Waals surface area (Å²) in [6.45, 7) is 10.6. The Balaban J connectivity index is 2.41. The van der Waals surface area contributed by atoms with Crippen molar-refractivity contribution in [2.45, 2.75) is 91.5 Å². The van der Waals surface area contributed by atoms with Crippen LogP contribution in [0.1, 0.15) is 85.5 Å². The lowest BCUT2D eigenvalue weighted by Gasteiger charge is -2.35. The van der Waals surface area contributed by atoms with Crippen LogP contribution in [0.15, 0.2) is 0 Å². The molecule has 19 heavy (non-hydrogen) atoms. The minimum absolute atomic E-state index is 0.799. The number of rotatable bonds is 9. The highest BCUT2D eigenvalue weighted by molar-refractivity contribution is 4.82. The zero-order valence-corrected chi connectivity index (χ0v) is 13.9. The van der Waals surface area contributed by atoms with Gasteiger partial charge in [-0.25, -0.2) is 0 Å². The van der Waals surface area contributed by atoms with Crippen LogP contribution in [0, 0.1) is 17.8 Å². The van der Waals surface area contributed by atoms with Gasteiger partial charge in [0.05, 0.1) is 0 Å². The van der Waals surface area contributed by atoms with E-state index in [4.69, 9.17) is 0 Å². The first kappa shape index (κ1) is 17.0. The molecule has 1 fully saturated rings. The van der Waals surface area contributed by atoms with Crippen molar-refractivity contribution in [3.05, 3.63) is 0 Å². The molecule has 1 N–H and O–H groups in total. The average Bonchev–Trinajstić information content (AvgIpc) is 2.42. The fraction of sp³-hybridized carbons (Fsp3) is 1.00. The first-order valence-electron chi connectivity index (χ1n) is 8.90. The van der Waals surface area contributed by atoms with Crippen LogP contribution in [-0.2, 0) is 0 Å². The summed E-state index contributed by atoms with van der Waals surface area (Å²) in [5.74, 6) is 2.83. The maximum absolute atomic E-state index is 3.86. The van der Waals surface area contributed by atoms with Gasteiger partial charge in [0.25, 0.3) is 0 Å². The molecule has 1 aliphatic rings. The summed E-state index contributed by atoms with van der Waals surface area (Å²) < 4.78 is 0. The van der Waals surface area contributed by atoms with Gasteiger partial charge in [-0.2, -0.15) is 0 Å². The Labute approximate surface area is 121 Å². The lowest BCUT2D eigenvalue weighted by molar-refractivity contribution is 0.198. The Kier molecular flexibility index (Phi) is 8.77. The van der Waals surface area contributed by atoms with Crippen molar-refractivity contribution >= 4 is 0 Å². The molecule has 1 aliphatic carbocycles. The fourth-order valence-corrected chi connectivity index (χ4v) is 3.65. The van der Waals surface area contributed by atoms with Crippen LogP contribution < -0.4 is 5.32 Å². The lowest BCUT2D eigenvalue weighted by Crippen LogP contribution is -2.39. The Morgan fingerprint density at radius 2 is 1.89 bits per heavy atom. The van der Waals surface area contributed by atoms with E-state index in [-0.39, 0.29) is 0 Å². The molecule has 0 aromatic heterocycles. The smallest absolute Gasteiger partial charge is 0.00954 e. The second-order valence-corrected chi connectivity index (χ2v) is 7.09. The Hall–Kier alpha value is -0.0400. The minimum atomic E-state index is 0.799. The quantitative estimate of drug-likeness (QED) is 0.590. The van der Waals surface area contributed by atoms with E-state index in [1.807, 2.05) is 0 Å². The first-order chi connectivity index (χ1) is 9.17. The van der Waals surface area contributed by atoms with Crippen molar-refractivity contribution in [2.75, 3.05) is 6.54 Å². The number of hydrogen-bond donors (Lipinski definition) is 1. The van der Waals surface area contributed by atoms with Crippen LogP contribution in [0.4, 0.5) is 0 Å². The molecule has 0 bridgehead atoms. The largest absolute Gasteiger partial charge is 0.314 e. The lowest BCUT2D eigenvalue weighted by atomic mass is 9.75. The van der Waals surface area contributed by atoms with Crippen molar-refractivity contribution in [1.82, 2.24) is 5.32 Å². The van der Waals surface area contributed by atoms with Gasteiger partial charge in [-0.05, 0) is 50.0 Å². The molecule has 1 heteroatoms. The average molecular weight is 268 g/mol. The van der Waals surface area contributed by atoms with Crippen molar-refractivity contribution in [3.8, 4) is 0 Å². The molecule has 0 saturated heterocycles. The van der Waals surface area contributed by atoms with E-state index in [1.165, 1.54) is 64.3 Å². The van der Waals surface area contributed by atoms with Crippen LogP contribution >= 0.6 is 0 Å². The Morgan fingerprint density at radius 1 is 1.11 bits per heavy atom. The van der Waals surface area contributed by atoms with Crippen LogP contribution in [0.25, 0.3) is 0 Å². The van der Waals surface area contributed by atoms with Crippen LogP contribution in [0.2, 0.25) is 0 Å². The summed E-state index contributed by atoms with van der Waals surface area (Å²) in [5.41, 5.74) is 0. The van der Waals surface area contributed by atoms with Crippen molar-refractivity contribution < 1.29 is 0 Å². The maximum Gasteiger partial charge on any atom is 0.00954 e. The summed E-state index contributed by atoms with van der Waals surface area (Å²) >= 11 is 0. The predicted molar refractivity (Wildman–Crippen MR) is 86.5 cm³/mol. The second-order valence-electron chi connectivity index (χ2n) is 7.09. The van der Waals surface area contributed by atoms with Gasteiger partial charge in [0, 0.05) is 6.04 Å². The summed E-state index contributed by atoms with van der Waals surface area (Å²) in [6.07, 6.45) is 12.8. The molecular weight excluding hydrogens is 230 g/mol. The van der Waals surface area contributed by atoms with Gasteiger partial charge in [0.2, 0.25) is 0 Å². The van der Waals surface area contributed by atoms with E-state index in [1.54, 1.807) is 0 Å². The third-order valence-corrected chi connectivity index (χ3v) is 4.92. The SMILES string of the molecule is CCCNC(CCCC(C)C)C1CCCC(CC)C1. The molecule has 0 heterocycles. The van der Waals surface area contributed by atoms with Gasteiger partial charge in [-0.1, -0.05) is 59.8 Å². The number of hydrogen-bond acceptors (Lipinski definition) is 1. The monoisotopic (exact) mass is 267 g/mol. The molecule has 1 nitrogen and oxygen atoms in total. The van der Waals surface area contributed by atoms with Crippen LogP contribution in [0.3, 0.4) is 0 Å². The molecule has 1 rings (SSSR count). The molecule has 1 saturated carbocycles. The number of nitrogens with one attached hydrogen (secondary N) is 1. The van der Waals surface area contributed by atoms with Crippen molar-refractivity contribution in [3.63, 3.8) is 0 Å². The molecule has 0 amide bonds. The van der Waals surface area contributed by atoms with Crippen molar-refractivity contribution in [1.29, 1.82) is 0 Å². The highest BCUT2D eigenvalue weighted by Gasteiger charge is 2.27. The summed E-state index contributed by atoms with van der Waals surface area (Å²) in [5, 5.41) is 3.86. The zero-order valence-electron chi connectivity index (χ0n) is 13.9. The van der Waals surface area contributed by atoms with E-state index >= 15 is 0 Å².